The molecule has 15 heavy (non-hydrogen) atoms. The molecule has 1 aromatic rings. The number of pyridine rings is 1. The molecule has 0 aromatic carbocycles. The summed E-state index contributed by atoms with van der Waals surface area (Å²) < 4.78 is 0. The fourth-order valence-corrected chi connectivity index (χ4v) is 1.68. The lowest BCUT2D eigenvalue weighted by Crippen LogP contribution is -2.19. The van der Waals surface area contributed by atoms with Crippen LogP contribution in [0.1, 0.15) is 32.9 Å². The summed E-state index contributed by atoms with van der Waals surface area (Å²) in [6.45, 7) is 8.55. The highest BCUT2D eigenvalue weighted by Crippen LogP contribution is 2.18. The second-order valence-electron chi connectivity index (χ2n) is 4.57. The quantitative estimate of drug-likeness (QED) is 0.798. The lowest BCUT2D eigenvalue weighted by Gasteiger charge is -2.17. The molecule has 0 amide bonds. The van der Waals surface area contributed by atoms with Gasteiger partial charge in [0.15, 0.2) is 0 Å². The molecule has 1 atom stereocenters. The lowest BCUT2D eigenvalue weighted by molar-refractivity contribution is 0.539. The van der Waals surface area contributed by atoms with E-state index in [2.05, 4.69) is 31.1 Å². The number of nitrogens with one attached hydrogen (secondary N) is 1. The van der Waals surface area contributed by atoms with E-state index in [0.29, 0.717) is 12.0 Å². The summed E-state index contributed by atoms with van der Waals surface area (Å²) in [6.07, 6.45) is 1.12. The molecule has 0 spiro atoms. The molecular formula is C12H21N3. The molecule has 0 aliphatic rings. The SMILES string of the molecule is Cc1ccc(N)c(NC(C)CC(C)C)n1. The Kier molecular flexibility index (Phi) is 3.95. The van der Waals surface area contributed by atoms with Gasteiger partial charge in [0.1, 0.15) is 5.82 Å². The van der Waals surface area contributed by atoms with Crippen molar-refractivity contribution in [2.24, 2.45) is 5.92 Å². The van der Waals surface area contributed by atoms with Gasteiger partial charge in [-0.2, -0.15) is 0 Å². The zero-order chi connectivity index (χ0) is 11.4. The average molecular weight is 207 g/mol. The van der Waals surface area contributed by atoms with Crippen LogP contribution < -0.4 is 11.1 Å². The Labute approximate surface area is 92.1 Å². The van der Waals surface area contributed by atoms with Crippen LogP contribution in [0, 0.1) is 12.8 Å². The van der Waals surface area contributed by atoms with E-state index in [1.807, 2.05) is 19.1 Å². The van der Waals surface area contributed by atoms with E-state index < -0.39 is 0 Å². The number of hydrogen-bond acceptors (Lipinski definition) is 3. The smallest absolute Gasteiger partial charge is 0.149 e. The van der Waals surface area contributed by atoms with Crippen LogP contribution in [0.5, 0.6) is 0 Å². The van der Waals surface area contributed by atoms with Gasteiger partial charge in [-0.3, -0.25) is 0 Å². The normalized spacial score (nSPS) is 12.9. The largest absolute Gasteiger partial charge is 0.396 e. The minimum Gasteiger partial charge on any atom is -0.396 e. The van der Waals surface area contributed by atoms with Crippen LogP contribution in [-0.4, -0.2) is 11.0 Å². The van der Waals surface area contributed by atoms with Crippen LogP contribution in [0.3, 0.4) is 0 Å². The molecule has 0 fully saturated rings. The van der Waals surface area contributed by atoms with E-state index in [1.165, 1.54) is 0 Å². The second kappa shape index (κ2) is 5.01. The van der Waals surface area contributed by atoms with Gasteiger partial charge < -0.3 is 11.1 Å². The van der Waals surface area contributed by atoms with E-state index in [4.69, 9.17) is 5.73 Å². The summed E-state index contributed by atoms with van der Waals surface area (Å²) in [4.78, 5) is 4.38. The minimum atomic E-state index is 0.404. The van der Waals surface area contributed by atoms with Crippen molar-refractivity contribution >= 4 is 11.5 Å². The number of aromatic nitrogens is 1. The van der Waals surface area contributed by atoms with Crippen molar-refractivity contribution in [3.8, 4) is 0 Å². The molecule has 1 heterocycles. The molecule has 3 N–H and O–H groups in total. The Morgan fingerprint density at radius 2 is 2.00 bits per heavy atom. The van der Waals surface area contributed by atoms with Crippen molar-refractivity contribution in [2.45, 2.75) is 40.2 Å². The number of nitrogens with zero attached hydrogens (tertiary/aromatic N) is 1. The van der Waals surface area contributed by atoms with Crippen LogP contribution in [0.2, 0.25) is 0 Å². The van der Waals surface area contributed by atoms with E-state index in [0.717, 1.165) is 23.6 Å². The molecule has 3 heteroatoms. The Bertz CT molecular complexity index is 321. The fourth-order valence-electron chi connectivity index (χ4n) is 1.68. The maximum Gasteiger partial charge on any atom is 0.149 e. The number of nitrogens with two attached hydrogens (primary N) is 1. The maximum absolute atomic E-state index is 5.84. The van der Waals surface area contributed by atoms with Crippen LogP contribution >= 0.6 is 0 Å². The standard InChI is InChI=1S/C12H21N3/c1-8(2)7-10(4)15-12-11(13)6-5-9(3)14-12/h5-6,8,10H,7,13H2,1-4H3,(H,14,15). The van der Waals surface area contributed by atoms with E-state index >= 15 is 0 Å². The monoisotopic (exact) mass is 207 g/mol. The van der Waals surface area contributed by atoms with Crippen molar-refractivity contribution < 1.29 is 0 Å². The molecule has 0 aliphatic heterocycles. The highest BCUT2D eigenvalue weighted by atomic mass is 15.0. The van der Waals surface area contributed by atoms with Gasteiger partial charge in [-0.05, 0) is 38.3 Å². The first-order chi connectivity index (χ1) is 6.99. The first kappa shape index (κ1) is 11.8. The van der Waals surface area contributed by atoms with Gasteiger partial charge in [0.25, 0.3) is 0 Å². The second-order valence-corrected chi connectivity index (χ2v) is 4.57. The molecule has 1 aromatic heterocycles. The van der Waals surface area contributed by atoms with Crippen molar-refractivity contribution in [3.63, 3.8) is 0 Å². The molecule has 0 saturated carbocycles. The molecule has 0 radical (unpaired) electrons. The summed E-state index contributed by atoms with van der Waals surface area (Å²) in [6, 6.07) is 4.22. The van der Waals surface area contributed by atoms with Crippen molar-refractivity contribution in [2.75, 3.05) is 11.1 Å². The van der Waals surface area contributed by atoms with Crippen molar-refractivity contribution in [3.05, 3.63) is 17.8 Å². The molecule has 1 unspecified atom stereocenters. The highest BCUT2D eigenvalue weighted by Gasteiger charge is 2.07. The Morgan fingerprint density at radius 3 is 2.60 bits per heavy atom. The number of nitrogen functional groups attached to an aromatic ring is 1. The predicted octanol–water partition coefficient (Wildman–Crippen LogP) is 2.82. The highest BCUT2D eigenvalue weighted by molar-refractivity contribution is 5.61. The molecule has 0 aliphatic carbocycles. The zero-order valence-electron chi connectivity index (χ0n) is 10.0. The third-order valence-corrected chi connectivity index (χ3v) is 2.27. The summed E-state index contributed by atoms with van der Waals surface area (Å²) in [5, 5.41) is 3.35. The van der Waals surface area contributed by atoms with E-state index in [-0.39, 0.29) is 0 Å². The van der Waals surface area contributed by atoms with Gasteiger partial charge in [0.05, 0.1) is 5.69 Å². The van der Waals surface area contributed by atoms with Gasteiger partial charge in [0, 0.05) is 11.7 Å². The first-order valence-corrected chi connectivity index (χ1v) is 5.48. The van der Waals surface area contributed by atoms with E-state index in [9.17, 15) is 0 Å². The number of aryl methyl sites for hydroxylation is 1. The van der Waals surface area contributed by atoms with Crippen LogP contribution in [0.15, 0.2) is 12.1 Å². The topological polar surface area (TPSA) is 50.9 Å². The predicted molar refractivity (Wildman–Crippen MR) is 65.9 cm³/mol. The molecule has 0 bridgehead atoms. The molecular weight excluding hydrogens is 186 g/mol. The van der Waals surface area contributed by atoms with Crippen LogP contribution in [0.4, 0.5) is 11.5 Å². The zero-order valence-corrected chi connectivity index (χ0v) is 10.0. The molecule has 0 saturated heterocycles. The van der Waals surface area contributed by atoms with Gasteiger partial charge in [0.2, 0.25) is 0 Å². The number of anilines is 2. The first-order valence-electron chi connectivity index (χ1n) is 5.48. The Hall–Kier alpha value is -1.25. The minimum absolute atomic E-state index is 0.404. The van der Waals surface area contributed by atoms with Gasteiger partial charge >= 0.3 is 0 Å². The summed E-state index contributed by atoms with van der Waals surface area (Å²) in [5.74, 6) is 1.49. The molecule has 84 valence electrons. The fraction of sp³-hybridized carbons (Fsp3) is 0.583. The number of hydrogen-bond donors (Lipinski definition) is 2. The van der Waals surface area contributed by atoms with Crippen molar-refractivity contribution in [1.29, 1.82) is 0 Å². The Balaban J connectivity index is 2.67. The summed E-state index contributed by atoms with van der Waals surface area (Å²) in [5.41, 5.74) is 7.55. The van der Waals surface area contributed by atoms with E-state index in [1.54, 1.807) is 0 Å². The van der Waals surface area contributed by atoms with Crippen molar-refractivity contribution in [1.82, 2.24) is 4.98 Å². The third-order valence-electron chi connectivity index (χ3n) is 2.27. The van der Waals surface area contributed by atoms with Gasteiger partial charge in [-0.1, -0.05) is 13.8 Å². The maximum atomic E-state index is 5.84. The third kappa shape index (κ3) is 3.78. The van der Waals surface area contributed by atoms with Gasteiger partial charge in [-0.15, -0.1) is 0 Å². The molecule has 3 nitrogen and oxygen atoms in total. The number of rotatable bonds is 4. The van der Waals surface area contributed by atoms with Crippen LogP contribution in [-0.2, 0) is 0 Å². The summed E-state index contributed by atoms with van der Waals surface area (Å²) in [7, 11) is 0. The van der Waals surface area contributed by atoms with Gasteiger partial charge in [-0.25, -0.2) is 4.98 Å². The van der Waals surface area contributed by atoms with Crippen LogP contribution in [0.25, 0.3) is 0 Å². The molecule has 1 rings (SSSR count). The summed E-state index contributed by atoms with van der Waals surface area (Å²) >= 11 is 0. The average Bonchev–Trinajstić information content (AvgIpc) is 2.10. The lowest BCUT2D eigenvalue weighted by atomic mass is 10.1. The Morgan fingerprint density at radius 1 is 1.33 bits per heavy atom.